The van der Waals surface area contributed by atoms with Gasteiger partial charge in [-0.25, -0.2) is 9.37 Å². The van der Waals surface area contributed by atoms with Gasteiger partial charge >= 0.3 is 0 Å². The molecule has 2 aromatic heterocycles. The fraction of sp³-hybridized carbons (Fsp3) is 0.417. The summed E-state index contributed by atoms with van der Waals surface area (Å²) in [6.07, 6.45) is 4.12. The molecule has 2 aromatic rings. The van der Waals surface area contributed by atoms with E-state index < -0.39 is 11.4 Å². The number of aliphatic hydroxyl groups is 1. The molecule has 0 aliphatic carbocycles. The van der Waals surface area contributed by atoms with E-state index in [1.807, 2.05) is 0 Å². The molecule has 8 heteroatoms. The highest BCUT2D eigenvalue weighted by atomic mass is 35.5. The van der Waals surface area contributed by atoms with Gasteiger partial charge in [0.15, 0.2) is 11.6 Å². The maximum absolute atomic E-state index is 13.9. The minimum absolute atomic E-state index is 0.191. The standard InChI is InChI=1S/C12H13ClFN5O/c13-8-4-9(14)11(15-5-8)19-3-1-2-12(20,7-19)10-6-16-18-17-10/h4-6,20H,1-3,7H2,(H,16,17,18). The summed E-state index contributed by atoms with van der Waals surface area (Å²) >= 11 is 5.70. The number of anilines is 1. The number of pyridine rings is 1. The van der Waals surface area contributed by atoms with Crippen molar-refractivity contribution in [3.63, 3.8) is 0 Å². The van der Waals surface area contributed by atoms with Crippen molar-refractivity contribution >= 4 is 17.4 Å². The molecule has 6 nitrogen and oxygen atoms in total. The Morgan fingerprint density at radius 1 is 1.45 bits per heavy atom. The summed E-state index contributed by atoms with van der Waals surface area (Å²) < 4.78 is 13.9. The number of rotatable bonds is 2. The van der Waals surface area contributed by atoms with Crippen LogP contribution in [0.5, 0.6) is 0 Å². The zero-order valence-electron chi connectivity index (χ0n) is 10.6. The van der Waals surface area contributed by atoms with Crippen LogP contribution in [-0.4, -0.2) is 38.6 Å². The van der Waals surface area contributed by atoms with Crippen molar-refractivity contribution in [1.29, 1.82) is 0 Å². The largest absolute Gasteiger partial charge is 0.382 e. The maximum Gasteiger partial charge on any atom is 0.167 e. The Hall–Kier alpha value is -1.73. The van der Waals surface area contributed by atoms with Crippen LogP contribution in [-0.2, 0) is 5.60 Å². The van der Waals surface area contributed by atoms with Gasteiger partial charge in [0.2, 0.25) is 0 Å². The highest BCUT2D eigenvalue weighted by Gasteiger charge is 2.38. The first-order chi connectivity index (χ1) is 9.58. The molecule has 0 bridgehead atoms. The summed E-state index contributed by atoms with van der Waals surface area (Å²) in [4.78, 5) is 5.71. The topological polar surface area (TPSA) is 77.9 Å². The molecule has 3 rings (SSSR count). The van der Waals surface area contributed by atoms with Gasteiger partial charge in [-0.15, -0.1) is 0 Å². The monoisotopic (exact) mass is 297 g/mol. The zero-order chi connectivity index (χ0) is 14.2. The first-order valence-corrected chi connectivity index (χ1v) is 6.61. The number of halogens is 2. The van der Waals surface area contributed by atoms with Crippen molar-refractivity contribution in [3.8, 4) is 0 Å². The van der Waals surface area contributed by atoms with Crippen molar-refractivity contribution < 1.29 is 9.50 Å². The summed E-state index contributed by atoms with van der Waals surface area (Å²) in [7, 11) is 0. The Morgan fingerprint density at radius 3 is 3.00 bits per heavy atom. The molecule has 0 saturated carbocycles. The second kappa shape index (κ2) is 4.99. The number of piperidine rings is 1. The van der Waals surface area contributed by atoms with Gasteiger partial charge in [-0.1, -0.05) is 11.6 Å². The van der Waals surface area contributed by atoms with Crippen molar-refractivity contribution in [2.45, 2.75) is 18.4 Å². The molecular formula is C12H13ClFN5O. The van der Waals surface area contributed by atoms with Gasteiger partial charge in [0, 0.05) is 12.7 Å². The predicted octanol–water partition coefficient (Wildman–Crippen LogP) is 1.48. The number of nitrogens with zero attached hydrogens (tertiary/aromatic N) is 4. The minimum atomic E-state index is -1.15. The molecule has 1 saturated heterocycles. The number of β-amino-alcohol motifs (C(OH)–C–C–N with tert-alkyl or cyclic N) is 1. The van der Waals surface area contributed by atoms with Gasteiger partial charge in [0.1, 0.15) is 11.3 Å². The molecule has 2 N–H and O–H groups in total. The first-order valence-electron chi connectivity index (χ1n) is 6.23. The Bertz CT molecular complexity index is 608. The van der Waals surface area contributed by atoms with E-state index in [2.05, 4.69) is 20.4 Å². The Kier molecular flexibility index (Phi) is 3.31. The number of nitrogens with one attached hydrogen (secondary N) is 1. The molecule has 1 unspecified atom stereocenters. The number of hydrogen-bond donors (Lipinski definition) is 2. The van der Waals surface area contributed by atoms with Crippen LogP contribution < -0.4 is 4.90 Å². The van der Waals surface area contributed by atoms with E-state index in [1.165, 1.54) is 18.5 Å². The normalized spacial score (nSPS) is 23.1. The first kappa shape index (κ1) is 13.3. The van der Waals surface area contributed by atoms with Crippen LogP contribution in [0.4, 0.5) is 10.2 Å². The van der Waals surface area contributed by atoms with E-state index in [1.54, 1.807) is 4.90 Å². The van der Waals surface area contributed by atoms with Crippen LogP contribution in [0.3, 0.4) is 0 Å². The minimum Gasteiger partial charge on any atom is -0.382 e. The smallest absolute Gasteiger partial charge is 0.167 e. The van der Waals surface area contributed by atoms with E-state index in [4.69, 9.17) is 11.6 Å². The summed E-state index contributed by atoms with van der Waals surface area (Å²) in [5.41, 5.74) is -0.699. The molecule has 1 aliphatic heterocycles. The van der Waals surface area contributed by atoms with Crippen LogP contribution in [0.25, 0.3) is 0 Å². The van der Waals surface area contributed by atoms with Gasteiger partial charge in [0.05, 0.1) is 17.8 Å². The van der Waals surface area contributed by atoms with E-state index in [0.717, 1.165) is 0 Å². The third-order valence-electron chi connectivity index (χ3n) is 3.45. The van der Waals surface area contributed by atoms with Gasteiger partial charge in [-0.2, -0.15) is 15.4 Å². The Balaban J connectivity index is 1.88. The molecule has 1 fully saturated rings. The molecule has 20 heavy (non-hydrogen) atoms. The van der Waals surface area contributed by atoms with E-state index >= 15 is 0 Å². The predicted molar refractivity (Wildman–Crippen MR) is 70.9 cm³/mol. The van der Waals surface area contributed by atoms with Gasteiger partial charge in [-0.3, -0.25) is 0 Å². The average Bonchev–Trinajstić information content (AvgIpc) is 2.93. The van der Waals surface area contributed by atoms with Crippen LogP contribution in [0.15, 0.2) is 18.5 Å². The third kappa shape index (κ3) is 2.34. The zero-order valence-corrected chi connectivity index (χ0v) is 11.3. The quantitative estimate of drug-likeness (QED) is 0.878. The van der Waals surface area contributed by atoms with Crippen molar-refractivity contribution in [2.24, 2.45) is 0 Å². The second-order valence-corrected chi connectivity index (χ2v) is 5.31. The lowest BCUT2D eigenvalue weighted by Gasteiger charge is -2.38. The molecule has 3 heterocycles. The summed E-state index contributed by atoms with van der Waals surface area (Å²) in [5.74, 6) is -0.307. The van der Waals surface area contributed by atoms with E-state index in [0.29, 0.717) is 25.1 Å². The summed E-state index contributed by atoms with van der Waals surface area (Å²) in [6, 6.07) is 1.22. The fourth-order valence-electron chi connectivity index (χ4n) is 2.49. The number of hydrogen-bond acceptors (Lipinski definition) is 5. The lowest BCUT2D eigenvalue weighted by molar-refractivity contribution is 0.0173. The van der Waals surface area contributed by atoms with Crippen molar-refractivity contribution in [2.75, 3.05) is 18.0 Å². The maximum atomic E-state index is 13.9. The Morgan fingerprint density at radius 2 is 2.30 bits per heavy atom. The van der Waals surface area contributed by atoms with E-state index in [-0.39, 0.29) is 17.4 Å². The highest BCUT2D eigenvalue weighted by molar-refractivity contribution is 6.30. The fourth-order valence-corrected chi connectivity index (χ4v) is 2.64. The van der Waals surface area contributed by atoms with E-state index in [9.17, 15) is 9.50 Å². The molecular weight excluding hydrogens is 285 g/mol. The number of aromatic nitrogens is 4. The van der Waals surface area contributed by atoms with Crippen LogP contribution in [0.1, 0.15) is 18.5 Å². The number of aromatic amines is 1. The van der Waals surface area contributed by atoms with Crippen LogP contribution in [0, 0.1) is 5.82 Å². The molecule has 0 spiro atoms. The van der Waals surface area contributed by atoms with Crippen molar-refractivity contribution in [3.05, 3.63) is 35.0 Å². The molecule has 0 aromatic carbocycles. The lowest BCUT2D eigenvalue weighted by atomic mass is 9.90. The average molecular weight is 298 g/mol. The summed E-state index contributed by atoms with van der Waals surface area (Å²) in [5, 5.41) is 21.0. The van der Waals surface area contributed by atoms with Gasteiger partial charge in [-0.05, 0) is 18.9 Å². The molecule has 0 amide bonds. The van der Waals surface area contributed by atoms with Crippen LogP contribution in [0.2, 0.25) is 5.02 Å². The molecule has 0 radical (unpaired) electrons. The van der Waals surface area contributed by atoms with Crippen LogP contribution >= 0.6 is 11.6 Å². The molecule has 106 valence electrons. The highest BCUT2D eigenvalue weighted by Crippen LogP contribution is 2.32. The van der Waals surface area contributed by atoms with Gasteiger partial charge in [0.25, 0.3) is 0 Å². The molecule has 1 aliphatic rings. The van der Waals surface area contributed by atoms with Crippen molar-refractivity contribution in [1.82, 2.24) is 20.4 Å². The SMILES string of the molecule is OC1(c2cn[nH]n2)CCCN(c2ncc(Cl)cc2F)C1. The van der Waals surface area contributed by atoms with Gasteiger partial charge < -0.3 is 10.0 Å². The second-order valence-electron chi connectivity index (χ2n) is 4.87. The third-order valence-corrected chi connectivity index (χ3v) is 3.66. The lowest BCUT2D eigenvalue weighted by Crippen LogP contribution is -2.47. The summed E-state index contributed by atoms with van der Waals surface area (Å²) in [6.45, 7) is 0.830. The Labute approximate surface area is 119 Å². The number of H-pyrrole nitrogens is 1. The molecule has 1 atom stereocenters.